The molecule has 0 aliphatic carbocycles. The van der Waals surface area contributed by atoms with Gasteiger partial charge in [0.15, 0.2) is 0 Å². The number of nitrogens with zero attached hydrogens (tertiary/aromatic N) is 2. The van der Waals surface area contributed by atoms with Gasteiger partial charge in [-0.3, -0.25) is 0 Å². The number of hydrogen-bond acceptors (Lipinski definition) is 2. The van der Waals surface area contributed by atoms with E-state index in [4.69, 9.17) is 5.73 Å². The molecule has 0 amide bonds. The molecule has 1 heterocycles. The zero-order valence-corrected chi connectivity index (χ0v) is 10.2. The van der Waals surface area contributed by atoms with Gasteiger partial charge in [0.05, 0.1) is 23.3 Å². The number of aromatic nitrogens is 2. The van der Waals surface area contributed by atoms with Crippen LogP contribution in [0.25, 0.3) is 5.69 Å². The monoisotopic (exact) mass is 215 g/mol. The lowest BCUT2D eigenvalue weighted by Gasteiger charge is -2.13. The fraction of sp³-hybridized carbons (Fsp3) is 0.308. The van der Waals surface area contributed by atoms with Gasteiger partial charge in [-0.2, -0.15) is 5.10 Å². The molecule has 2 N–H and O–H groups in total. The molecule has 16 heavy (non-hydrogen) atoms. The van der Waals surface area contributed by atoms with Gasteiger partial charge >= 0.3 is 0 Å². The average molecular weight is 215 g/mol. The van der Waals surface area contributed by atoms with E-state index in [0.29, 0.717) is 0 Å². The third kappa shape index (κ3) is 1.58. The summed E-state index contributed by atoms with van der Waals surface area (Å²) in [5.41, 5.74) is 12.4. The lowest BCUT2D eigenvalue weighted by Crippen LogP contribution is -2.04. The molecule has 2 aromatic rings. The molecule has 1 aromatic heterocycles. The van der Waals surface area contributed by atoms with Crippen LogP contribution >= 0.6 is 0 Å². The van der Waals surface area contributed by atoms with E-state index in [1.165, 1.54) is 16.7 Å². The minimum Gasteiger partial charge on any atom is -0.396 e. The Kier molecular flexibility index (Phi) is 2.46. The van der Waals surface area contributed by atoms with Crippen LogP contribution in [-0.4, -0.2) is 9.78 Å². The molecule has 0 aliphatic heterocycles. The Morgan fingerprint density at radius 3 is 2.06 bits per heavy atom. The molecule has 0 atom stereocenters. The van der Waals surface area contributed by atoms with E-state index in [9.17, 15) is 0 Å². The maximum absolute atomic E-state index is 5.82. The van der Waals surface area contributed by atoms with Crippen LogP contribution in [0.3, 0.4) is 0 Å². The zero-order valence-electron chi connectivity index (χ0n) is 10.2. The summed E-state index contributed by atoms with van der Waals surface area (Å²) in [5.74, 6) is 0. The maximum Gasteiger partial charge on any atom is 0.0734 e. The first-order valence-corrected chi connectivity index (χ1v) is 5.39. The van der Waals surface area contributed by atoms with Crippen molar-refractivity contribution in [2.75, 3.05) is 5.73 Å². The summed E-state index contributed by atoms with van der Waals surface area (Å²) in [4.78, 5) is 0. The molecule has 84 valence electrons. The maximum atomic E-state index is 5.82. The molecule has 1 aromatic carbocycles. The summed E-state index contributed by atoms with van der Waals surface area (Å²) in [7, 11) is 0. The third-order valence-electron chi connectivity index (χ3n) is 2.89. The fourth-order valence-electron chi connectivity index (χ4n) is 2.15. The highest BCUT2D eigenvalue weighted by Crippen LogP contribution is 2.23. The summed E-state index contributed by atoms with van der Waals surface area (Å²) >= 11 is 0. The van der Waals surface area contributed by atoms with Crippen LogP contribution < -0.4 is 5.73 Å². The normalized spacial score (nSPS) is 10.8. The van der Waals surface area contributed by atoms with Crippen molar-refractivity contribution in [2.24, 2.45) is 0 Å². The van der Waals surface area contributed by atoms with Crippen molar-refractivity contribution in [3.63, 3.8) is 0 Å². The molecule has 3 heteroatoms. The van der Waals surface area contributed by atoms with Gasteiger partial charge in [-0.15, -0.1) is 0 Å². The smallest absolute Gasteiger partial charge is 0.0734 e. The Morgan fingerprint density at radius 1 is 1.06 bits per heavy atom. The first-order chi connectivity index (χ1) is 7.50. The number of hydrogen-bond donors (Lipinski definition) is 1. The van der Waals surface area contributed by atoms with Crippen molar-refractivity contribution in [1.29, 1.82) is 0 Å². The second-order valence-electron chi connectivity index (χ2n) is 4.34. The lowest BCUT2D eigenvalue weighted by molar-refractivity contribution is 0.833. The van der Waals surface area contributed by atoms with E-state index < -0.39 is 0 Å². The average Bonchev–Trinajstić information content (AvgIpc) is 2.48. The molecule has 0 saturated heterocycles. The summed E-state index contributed by atoms with van der Waals surface area (Å²) in [5, 5.41) is 4.33. The van der Waals surface area contributed by atoms with E-state index in [2.05, 4.69) is 38.0 Å². The predicted octanol–water partition coefficient (Wildman–Crippen LogP) is 2.69. The van der Waals surface area contributed by atoms with E-state index >= 15 is 0 Å². The molecular formula is C13H17N3. The van der Waals surface area contributed by atoms with Gasteiger partial charge in [-0.1, -0.05) is 17.7 Å². The molecule has 0 aliphatic rings. The molecule has 0 fully saturated rings. The highest BCUT2D eigenvalue weighted by atomic mass is 15.3. The van der Waals surface area contributed by atoms with Crippen molar-refractivity contribution < 1.29 is 0 Å². The predicted molar refractivity (Wildman–Crippen MR) is 66.9 cm³/mol. The Balaban J connectivity index is 2.69. The minimum absolute atomic E-state index is 0.736. The summed E-state index contributed by atoms with van der Waals surface area (Å²) in [6.07, 6.45) is 1.70. The van der Waals surface area contributed by atoms with Crippen LogP contribution in [0, 0.1) is 27.7 Å². The Morgan fingerprint density at radius 2 is 1.62 bits per heavy atom. The Hall–Kier alpha value is -1.77. The van der Waals surface area contributed by atoms with Gasteiger partial charge in [0.1, 0.15) is 0 Å². The van der Waals surface area contributed by atoms with Crippen molar-refractivity contribution in [2.45, 2.75) is 27.7 Å². The van der Waals surface area contributed by atoms with Crippen molar-refractivity contribution >= 4 is 5.69 Å². The van der Waals surface area contributed by atoms with Crippen LogP contribution in [0.4, 0.5) is 5.69 Å². The van der Waals surface area contributed by atoms with Crippen molar-refractivity contribution in [3.8, 4) is 5.69 Å². The second kappa shape index (κ2) is 3.67. The topological polar surface area (TPSA) is 43.8 Å². The number of anilines is 1. The number of aryl methyl sites for hydroxylation is 3. The van der Waals surface area contributed by atoms with Gasteiger partial charge in [-0.05, 0) is 38.8 Å². The van der Waals surface area contributed by atoms with Crippen LogP contribution in [0.5, 0.6) is 0 Å². The first kappa shape index (κ1) is 10.7. The number of nitrogen functional groups attached to an aromatic ring is 1. The number of rotatable bonds is 1. The molecule has 3 nitrogen and oxygen atoms in total. The van der Waals surface area contributed by atoms with Crippen LogP contribution in [0.15, 0.2) is 18.3 Å². The van der Waals surface area contributed by atoms with Gasteiger partial charge in [0.2, 0.25) is 0 Å². The number of benzene rings is 1. The molecule has 0 spiro atoms. The Bertz CT molecular complexity index is 515. The first-order valence-electron chi connectivity index (χ1n) is 5.39. The SMILES string of the molecule is Cc1cc(C)c(-n2ncc(N)c2C)c(C)c1. The molecule has 2 rings (SSSR count). The minimum atomic E-state index is 0.736. The second-order valence-corrected chi connectivity index (χ2v) is 4.34. The van der Waals surface area contributed by atoms with Gasteiger partial charge in [-0.25, -0.2) is 4.68 Å². The summed E-state index contributed by atoms with van der Waals surface area (Å²) < 4.78 is 1.92. The summed E-state index contributed by atoms with van der Waals surface area (Å²) in [6, 6.07) is 4.33. The third-order valence-corrected chi connectivity index (χ3v) is 2.89. The van der Waals surface area contributed by atoms with Crippen LogP contribution in [0.1, 0.15) is 22.4 Å². The number of nitrogens with two attached hydrogens (primary N) is 1. The standard InChI is InChI=1S/C13H17N3/c1-8-5-9(2)13(10(3)6-8)16-11(4)12(14)7-15-16/h5-7H,14H2,1-4H3. The van der Waals surface area contributed by atoms with E-state index in [1.807, 2.05) is 11.6 Å². The summed E-state index contributed by atoms with van der Waals surface area (Å²) in [6.45, 7) is 8.30. The quantitative estimate of drug-likeness (QED) is 0.794. The highest BCUT2D eigenvalue weighted by Gasteiger charge is 2.10. The van der Waals surface area contributed by atoms with E-state index in [1.54, 1.807) is 6.20 Å². The van der Waals surface area contributed by atoms with Gasteiger partial charge in [0.25, 0.3) is 0 Å². The van der Waals surface area contributed by atoms with Crippen LogP contribution in [0.2, 0.25) is 0 Å². The fourth-order valence-corrected chi connectivity index (χ4v) is 2.15. The van der Waals surface area contributed by atoms with E-state index in [-0.39, 0.29) is 0 Å². The largest absolute Gasteiger partial charge is 0.396 e. The lowest BCUT2D eigenvalue weighted by atomic mass is 10.1. The molecule has 0 bridgehead atoms. The van der Waals surface area contributed by atoms with Crippen molar-refractivity contribution in [1.82, 2.24) is 9.78 Å². The zero-order chi connectivity index (χ0) is 11.9. The van der Waals surface area contributed by atoms with E-state index in [0.717, 1.165) is 17.1 Å². The van der Waals surface area contributed by atoms with Gasteiger partial charge < -0.3 is 5.73 Å². The molecular weight excluding hydrogens is 198 g/mol. The molecule has 0 radical (unpaired) electrons. The van der Waals surface area contributed by atoms with Gasteiger partial charge in [0, 0.05) is 0 Å². The molecule has 0 saturated carbocycles. The highest BCUT2D eigenvalue weighted by molar-refractivity contribution is 5.53. The Labute approximate surface area is 95.9 Å². The molecule has 0 unspecified atom stereocenters. The van der Waals surface area contributed by atoms with Crippen LogP contribution in [-0.2, 0) is 0 Å². The van der Waals surface area contributed by atoms with Crippen molar-refractivity contribution in [3.05, 3.63) is 40.7 Å².